The second kappa shape index (κ2) is 10.4. The molecule has 0 amide bonds. The van der Waals surface area contributed by atoms with Crippen molar-refractivity contribution in [3.63, 3.8) is 0 Å². The third-order valence-corrected chi connectivity index (χ3v) is 1.98. The van der Waals surface area contributed by atoms with Crippen LogP contribution in [0.4, 0.5) is 23.0 Å². The molecule has 0 spiro atoms. The van der Waals surface area contributed by atoms with Crippen molar-refractivity contribution in [1.29, 1.82) is 0 Å². The number of nitrogens with zero attached hydrogens (tertiary/aromatic N) is 4. The SMILES string of the molecule is Nc1nc(=O)[nH]c([O-])c1N=O.Nc1nc(=O)[nH]c([O-])c1N=O.[Ag+].[Ag+]. The van der Waals surface area contributed by atoms with Crippen LogP contribution in [0.2, 0.25) is 0 Å². The third-order valence-electron chi connectivity index (χ3n) is 1.98. The molecule has 0 atom stereocenters. The maximum atomic E-state index is 10.6. The summed E-state index contributed by atoms with van der Waals surface area (Å²) in [6.07, 6.45) is 0. The number of nitrogen functional groups attached to an aromatic ring is 2. The minimum atomic E-state index is -0.919. The first-order valence-electron chi connectivity index (χ1n) is 5.10. The Hall–Kier alpha value is -2.36. The van der Waals surface area contributed by atoms with E-state index >= 15 is 0 Å². The minimum absolute atomic E-state index is 0. The molecule has 2 heterocycles. The number of hydrogen-bond donors (Lipinski definition) is 4. The van der Waals surface area contributed by atoms with Crippen molar-refractivity contribution >= 4 is 23.0 Å². The van der Waals surface area contributed by atoms with Crippen LogP contribution < -0.4 is 33.1 Å². The zero-order chi connectivity index (χ0) is 16.9. The molecule has 0 saturated heterocycles. The van der Waals surface area contributed by atoms with Crippen LogP contribution in [0.25, 0.3) is 0 Å². The number of rotatable bonds is 2. The predicted molar refractivity (Wildman–Crippen MR) is 68.3 cm³/mol. The molecule has 0 bridgehead atoms. The number of anilines is 2. The van der Waals surface area contributed by atoms with Gasteiger partial charge in [0.15, 0.2) is 23.0 Å². The van der Waals surface area contributed by atoms with Gasteiger partial charge >= 0.3 is 56.1 Å². The van der Waals surface area contributed by atoms with E-state index in [1.54, 1.807) is 9.97 Å². The van der Waals surface area contributed by atoms with Crippen LogP contribution in [0, 0.1) is 9.81 Å². The van der Waals surface area contributed by atoms with Gasteiger partial charge in [-0.1, -0.05) is 0 Å². The smallest absolute Gasteiger partial charge is 0.858 e. The van der Waals surface area contributed by atoms with E-state index in [1.807, 2.05) is 0 Å². The molecule has 0 aromatic carbocycles. The molecule has 0 aliphatic carbocycles. The van der Waals surface area contributed by atoms with Gasteiger partial charge < -0.3 is 31.6 Å². The zero-order valence-electron chi connectivity index (χ0n) is 11.0. The number of H-pyrrole nitrogens is 2. The van der Waals surface area contributed by atoms with E-state index in [2.05, 4.69) is 20.3 Å². The van der Waals surface area contributed by atoms with Crippen LogP contribution in [-0.2, 0) is 44.8 Å². The Labute approximate surface area is 162 Å². The van der Waals surface area contributed by atoms with Gasteiger partial charge in [0.1, 0.15) is 0 Å². The van der Waals surface area contributed by atoms with Gasteiger partial charge in [-0.3, -0.25) is 0 Å². The Morgan fingerprint density at radius 1 is 0.792 bits per heavy atom. The predicted octanol–water partition coefficient (Wildman–Crippen LogP) is -2.36. The molecule has 14 nitrogen and oxygen atoms in total. The number of nitrogens with two attached hydrogens (primary N) is 2. The van der Waals surface area contributed by atoms with Crippen LogP contribution in [0.5, 0.6) is 11.8 Å². The van der Waals surface area contributed by atoms with E-state index in [1.165, 1.54) is 0 Å². The van der Waals surface area contributed by atoms with Crippen molar-refractivity contribution in [2.75, 3.05) is 11.5 Å². The molecule has 0 unspecified atom stereocenters. The molecular formula is C8H6Ag2N8O6. The second-order valence-corrected chi connectivity index (χ2v) is 3.39. The Balaban J connectivity index is 0. The molecular weight excluding hydrogens is 520 g/mol. The molecule has 0 saturated carbocycles. The van der Waals surface area contributed by atoms with Crippen LogP contribution in [0.1, 0.15) is 0 Å². The van der Waals surface area contributed by atoms with Crippen molar-refractivity contribution in [3.8, 4) is 11.8 Å². The Morgan fingerprint density at radius 2 is 1.08 bits per heavy atom. The molecule has 0 aliphatic rings. The largest absolute Gasteiger partial charge is 1.00 e. The molecule has 0 fully saturated rings. The molecule has 2 aromatic heterocycles. The van der Waals surface area contributed by atoms with Gasteiger partial charge in [0.2, 0.25) is 0 Å². The molecule has 24 heavy (non-hydrogen) atoms. The summed E-state index contributed by atoms with van der Waals surface area (Å²) in [6, 6.07) is 0. The molecule has 136 valence electrons. The zero-order valence-corrected chi connectivity index (χ0v) is 14.0. The van der Waals surface area contributed by atoms with E-state index in [4.69, 9.17) is 11.5 Å². The quantitative estimate of drug-likeness (QED) is 0.239. The van der Waals surface area contributed by atoms with Crippen molar-refractivity contribution < 1.29 is 55.0 Å². The number of nitroso groups, excluding NO2 is 2. The summed E-state index contributed by atoms with van der Waals surface area (Å²) in [6.45, 7) is 0. The van der Waals surface area contributed by atoms with Gasteiger partial charge in [-0.15, -0.1) is 9.81 Å². The molecule has 2 aromatic rings. The Morgan fingerprint density at radius 3 is 1.29 bits per heavy atom. The maximum Gasteiger partial charge on any atom is 1.00 e. The Kier molecular flexibility index (Phi) is 10.4. The first kappa shape index (κ1) is 23.9. The topological polar surface area (TPSA) is 249 Å². The number of aromatic amines is 2. The van der Waals surface area contributed by atoms with E-state index in [0.29, 0.717) is 0 Å². The van der Waals surface area contributed by atoms with E-state index in [0.717, 1.165) is 0 Å². The average Bonchev–Trinajstić information content (AvgIpc) is 2.38. The summed E-state index contributed by atoms with van der Waals surface area (Å²) in [7, 11) is 0. The van der Waals surface area contributed by atoms with Gasteiger partial charge in [0.25, 0.3) is 0 Å². The standard InChI is InChI=1S/2C4H4N4O3.2Ag/c2*5-2-1(8-11)3(9)7-4(10)6-2;;/h2*(H4,5,6,7,9,10);;/q;;2*+1/p-2. The first-order valence-corrected chi connectivity index (χ1v) is 5.10. The molecule has 0 aliphatic heterocycles. The summed E-state index contributed by atoms with van der Waals surface area (Å²) in [5.74, 6) is -2.74. The van der Waals surface area contributed by atoms with Crippen molar-refractivity contribution in [3.05, 3.63) is 30.8 Å². The average molecular weight is 526 g/mol. The van der Waals surface area contributed by atoms with Gasteiger partial charge in [-0.25, -0.2) is 9.59 Å². The van der Waals surface area contributed by atoms with Crippen LogP contribution >= 0.6 is 0 Å². The van der Waals surface area contributed by atoms with Crippen molar-refractivity contribution in [2.45, 2.75) is 0 Å². The second-order valence-electron chi connectivity index (χ2n) is 3.39. The monoisotopic (exact) mass is 524 g/mol. The number of nitrogens with one attached hydrogen (secondary N) is 2. The third kappa shape index (κ3) is 6.03. The van der Waals surface area contributed by atoms with Crippen molar-refractivity contribution in [1.82, 2.24) is 19.9 Å². The normalized spacial score (nSPS) is 8.67. The van der Waals surface area contributed by atoms with Gasteiger partial charge in [-0.05, 0) is 22.1 Å². The summed E-state index contributed by atoms with van der Waals surface area (Å²) >= 11 is 0. The van der Waals surface area contributed by atoms with Crippen LogP contribution in [0.15, 0.2) is 19.9 Å². The Bertz CT molecular complexity index is 714. The van der Waals surface area contributed by atoms with E-state index in [-0.39, 0.29) is 44.8 Å². The number of hydrogen-bond acceptors (Lipinski definition) is 12. The minimum Gasteiger partial charge on any atom is -0.858 e. The van der Waals surface area contributed by atoms with Crippen LogP contribution in [-0.4, -0.2) is 19.9 Å². The fourth-order valence-corrected chi connectivity index (χ4v) is 1.10. The summed E-state index contributed by atoms with van der Waals surface area (Å²) in [5.41, 5.74) is 7.11. The fourth-order valence-electron chi connectivity index (χ4n) is 1.10. The summed E-state index contributed by atoms with van der Waals surface area (Å²) in [4.78, 5) is 50.1. The van der Waals surface area contributed by atoms with Crippen LogP contribution in [0.3, 0.4) is 0 Å². The van der Waals surface area contributed by atoms with Gasteiger partial charge in [-0.2, -0.15) is 9.97 Å². The summed E-state index contributed by atoms with van der Waals surface area (Å²) < 4.78 is 0. The van der Waals surface area contributed by atoms with Crippen molar-refractivity contribution in [2.24, 2.45) is 10.4 Å². The molecule has 2 rings (SSSR count). The molecule has 16 heteroatoms. The first-order chi connectivity index (χ1) is 10.3. The number of aromatic nitrogens is 4. The van der Waals surface area contributed by atoms with E-state index in [9.17, 15) is 29.6 Å². The molecule has 6 N–H and O–H groups in total. The molecule has 0 radical (unpaired) electrons. The maximum absolute atomic E-state index is 10.6. The van der Waals surface area contributed by atoms with E-state index < -0.39 is 46.1 Å². The fraction of sp³-hybridized carbons (Fsp3) is 0. The summed E-state index contributed by atoms with van der Waals surface area (Å²) in [5, 5.41) is 25.8. The van der Waals surface area contributed by atoms with Gasteiger partial charge in [0.05, 0.1) is 0 Å². The van der Waals surface area contributed by atoms with Gasteiger partial charge in [0, 0.05) is 0 Å².